The molecule has 2 atom stereocenters. The van der Waals surface area contributed by atoms with Gasteiger partial charge in [-0.15, -0.1) is 0 Å². The van der Waals surface area contributed by atoms with E-state index < -0.39 is 29.7 Å². The van der Waals surface area contributed by atoms with Crippen LogP contribution in [0.4, 0.5) is 4.79 Å². The van der Waals surface area contributed by atoms with Gasteiger partial charge in [-0.3, -0.25) is 9.69 Å². The average molecular weight is 474 g/mol. The topological polar surface area (TPSA) is 82.1 Å². The minimum Gasteiger partial charge on any atom is -0.467 e. The molecule has 1 heterocycles. The van der Waals surface area contributed by atoms with Gasteiger partial charge in [0.15, 0.2) is 5.60 Å². The van der Waals surface area contributed by atoms with Crippen LogP contribution in [0.25, 0.3) is 11.1 Å². The molecule has 0 saturated carbocycles. The summed E-state index contributed by atoms with van der Waals surface area (Å²) in [4.78, 5) is 39.1. The first-order chi connectivity index (χ1) is 16.9. The zero-order valence-corrected chi connectivity index (χ0v) is 19.7. The quantitative estimate of drug-likeness (QED) is 0.381. The first kappa shape index (κ1) is 24.0. The van der Waals surface area contributed by atoms with Crippen molar-refractivity contribution in [1.82, 2.24) is 4.90 Å². The summed E-state index contributed by atoms with van der Waals surface area (Å²) >= 11 is 0. The first-order valence-electron chi connectivity index (χ1n) is 11.3. The van der Waals surface area contributed by atoms with Gasteiger partial charge in [-0.2, -0.15) is 0 Å². The molecule has 7 nitrogen and oxygen atoms in total. The van der Waals surface area contributed by atoms with E-state index in [1.165, 1.54) is 18.9 Å². The van der Waals surface area contributed by atoms with Crippen LogP contribution in [-0.2, 0) is 36.0 Å². The van der Waals surface area contributed by atoms with Crippen LogP contribution in [0, 0.1) is 0 Å². The highest BCUT2D eigenvalue weighted by Gasteiger charge is 2.53. The van der Waals surface area contributed by atoms with Crippen LogP contribution in [0.3, 0.4) is 0 Å². The van der Waals surface area contributed by atoms with Crippen molar-refractivity contribution < 1.29 is 28.6 Å². The Morgan fingerprint density at radius 1 is 0.886 bits per heavy atom. The Kier molecular flexibility index (Phi) is 7.15. The Balaban J connectivity index is 1.62. The zero-order valence-electron chi connectivity index (χ0n) is 19.7. The largest absolute Gasteiger partial charge is 0.467 e. The predicted molar refractivity (Wildman–Crippen MR) is 129 cm³/mol. The van der Waals surface area contributed by atoms with Crippen LogP contribution in [0.5, 0.6) is 0 Å². The molecule has 1 amide bonds. The fourth-order valence-electron chi connectivity index (χ4n) is 4.43. The monoisotopic (exact) mass is 473 g/mol. The van der Waals surface area contributed by atoms with Gasteiger partial charge in [-0.05, 0) is 22.3 Å². The summed E-state index contributed by atoms with van der Waals surface area (Å²) in [5, 5.41) is 0. The van der Waals surface area contributed by atoms with Gasteiger partial charge in [-0.1, -0.05) is 84.9 Å². The van der Waals surface area contributed by atoms with Crippen molar-refractivity contribution in [1.29, 1.82) is 0 Å². The molecule has 1 saturated heterocycles. The third kappa shape index (κ3) is 5.35. The second-order valence-electron chi connectivity index (χ2n) is 8.44. The van der Waals surface area contributed by atoms with Crippen molar-refractivity contribution in [2.24, 2.45) is 0 Å². The van der Waals surface area contributed by atoms with Gasteiger partial charge >= 0.3 is 18.0 Å². The number of esters is 2. The van der Waals surface area contributed by atoms with E-state index in [0.717, 1.165) is 16.7 Å². The van der Waals surface area contributed by atoms with Crippen LogP contribution in [0.1, 0.15) is 24.5 Å². The highest BCUT2D eigenvalue weighted by molar-refractivity contribution is 5.83. The van der Waals surface area contributed by atoms with E-state index >= 15 is 0 Å². The minimum absolute atomic E-state index is 0.0371. The number of rotatable bonds is 6. The molecule has 35 heavy (non-hydrogen) atoms. The van der Waals surface area contributed by atoms with Crippen LogP contribution in [0.2, 0.25) is 0 Å². The van der Waals surface area contributed by atoms with Crippen LogP contribution < -0.4 is 0 Å². The normalized spacial score (nSPS) is 19.1. The smallest absolute Gasteiger partial charge is 0.411 e. The molecular weight excluding hydrogens is 446 g/mol. The van der Waals surface area contributed by atoms with Gasteiger partial charge < -0.3 is 14.2 Å². The number of carbonyl (C=O) groups is 3. The number of nitrogens with zero attached hydrogens (tertiary/aromatic N) is 1. The number of carbonyl (C=O) groups excluding carboxylic acids is 3. The Labute approximate surface area is 204 Å². The van der Waals surface area contributed by atoms with E-state index in [9.17, 15) is 14.4 Å². The number of benzene rings is 3. The molecule has 1 aliphatic rings. The van der Waals surface area contributed by atoms with Crippen molar-refractivity contribution in [2.45, 2.75) is 31.6 Å². The lowest BCUT2D eigenvalue weighted by Crippen LogP contribution is -2.42. The summed E-state index contributed by atoms with van der Waals surface area (Å²) < 4.78 is 16.2. The Morgan fingerprint density at radius 3 is 2.09 bits per heavy atom. The van der Waals surface area contributed by atoms with Gasteiger partial charge in [0.1, 0.15) is 12.6 Å². The Hall–Kier alpha value is -4.13. The fraction of sp³-hybridized carbons (Fsp3) is 0.250. The Morgan fingerprint density at radius 2 is 1.49 bits per heavy atom. The van der Waals surface area contributed by atoms with E-state index in [-0.39, 0.29) is 19.6 Å². The van der Waals surface area contributed by atoms with Crippen LogP contribution in [0.15, 0.2) is 84.9 Å². The van der Waals surface area contributed by atoms with Crippen molar-refractivity contribution in [3.63, 3.8) is 0 Å². The second kappa shape index (κ2) is 10.4. The molecule has 0 bridgehead atoms. The minimum atomic E-state index is -1.22. The number of methoxy groups -OCH3 is 1. The molecule has 0 spiro atoms. The number of hydrogen-bond donors (Lipinski definition) is 0. The lowest BCUT2D eigenvalue weighted by molar-refractivity contribution is -0.157. The lowest BCUT2D eigenvalue weighted by atomic mass is 9.89. The molecule has 1 fully saturated rings. The summed E-state index contributed by atoms with van der Waals surface area (Å²) in [6.07, 6.45) is -0.621. The van der Waals surface area contributed by atoms with Crippen LogP contribution >= 0.6 is 0 Å². The standard InChI is InChI=1S/C28H27NO6/c1-20(30)35-28(24-15-13-23(14-16-24)22-11-7-4-8-12-22)17-25(26(31)33-2)29(19-28)27(32)34-18-21-9-5-3-6-10-21/h3-16,25H,17-19H2,1-2H3/t25-,28?/m0/s1. The molecule has 0 aromatic heterocycles. The summed E-state index contributed by atoms with van der Waals surface area (Å²) in [5.74, 6) is -1.11. The number of amides is 1. The van der Waals surface area contributed by atoms with Crippen molar-refractivity contribution >= 4 is 18.0 Å². The third-order valence-corrected chi connectivity index (χ3v) is 6.10. The number of likely N-dealkylation sites (tertiary alicyclic amines) is 1. The molecule has 4 rings (SSSR count). The van der Waals surface area contributed by atoms with Crippen molar-refractivity contribution in [2.75, 3.05) is 13.7 Å². The molecular formula is C28H27NO6. The molecule has 180 valence electrons. The Bertz CT molecular complexity index is 1180. The van der Waals surface area contributed by atoms with Gasteiger partial charge in [0.2, 0.25) is 0 Å². The van der Waals surface area contributed by atoms with Crippen molar-refractivity contribution in [3.05, 3.63) is 96.1 Å². The summed E-state index contributed by atoms with van der Waals surface area (Å²) in [6, 6.07) is 25.7. The molecule has 0 N–H and O–H groups in total. The highest BCUT2D eigenvalue weighted by Crippen LogP contribution is 2.41. The van der Waals surface area contributed by atoms with Gasteiger partial charge in [0, 0.05) is 13.3 Å². The first-order valence-corrected chi connectivity index (χ1v) is 11.3. The summed E-state index contributed by atoms with van der Waals surface area (Å²) in [5.41, 5.74) is 2.32. The number of hydrogen-bond acceptors (Lipinski definition) is 6. The van der Waals surface area contributed by atoms with Gasteiger partial charge in [0.25, 0.3) is 0 Å². The van der Waals surface area contributed by atoms with E-state index in [1.54, 1.807) is 0 Å². The molecule has 0 aliphatic carbocycles. The van der Waals surface area contributed by atoms with Gasteiger partial charge in [0.05, 0.1) is 13.7 Å². The van der Waals surface area contributed by atoms with E-state index in [1.807, 2.05) is 84.9 Å². The highest BCUT2D eigenvalue weighted by atomic mass is 16.6. The van der Waals surface area contributed by atoms with E-state index in [2.05, 4.69) is 0 Å². The number of ether oxygens (including phenoxy) is 3. The van der Waals surface area contributed by atoms with Crippen LogP contribution in [-0.4, -0.2) is 42.6 Å². The fourth-order valence-corrected chi connectivity index (χ4v) is 4.43. The molecule has 3 aromatic carbocycles. The SMILES string of the molecule is COC(=O)[C@@H]1CC(OC(C)=O)(c2ccc(-c3ccccc3)cc2)CN1C(=O)OCc1ccccc1. The average Bonchev–Trinajstić information content (AvgIpc) is 3.28. The lowest BCUT2D eigenvalue weighted by Gasteiger charge is -2.29. The summed E-state index contributed by atoms with van der Waals surface area (Å²) in [7, 11) is 1.26. The maximum absolute atomic E-state index is 13.0. The summed E-state index contributed by atoms with van der Waals surface area (Å²) in [6.45, 7) is 1.32. The predicted octanol–water partition coefficient (Wildman–Crippen LogP) is 4.70. The van der Waals surface area contributed by atoms with E-state index in [0.29, 0.717) is 5.56 Å². The van der Waals surface area contributed by atoms with Gasteiger partial charge in [-0.25, -0.2) is 9.59 Å². The third-order valence-electron chi connectivity index (χ3n) is 6.10. The molecule has 1 aliphatic heterocycles. The molecule has 7 heteroatoms. The van der Waals surface area contributed by atoms with Crippen molar-refractivity contribution in [3.8, 4) is 11.1 Å². The zero-order chi connectivity index (χ0) is 24.8. The van der Waals surface area contributed by atoms with E-state index in [4.69, 9.17) is 14.2 Å². The molecule has 1 unspecified atom stereocenters. The maximum Gasteiger partial charge on any atom is 0.411 e. The molecule has 3 aromatic rings. The molecule has 0 radical (unpaired) electrons. The maximum atomic E-state index is 13.0. The second-order valence-corrected chi connectivity index (χ2v) is 8.44.